The third kappa shape index (κ3) is 4.42. The molecule has 0 saturated carbocycles. The molecule has 7 nitrogen and oxygen atoms in total. The second-order valence-electron chi connectivity index (χ2n) is 6.53. The molecule has 1 atom stereocenters. The molecule has 1 aromatic rings. The molecule has 7 heteroatoms. The number of carbonyl (C=O) groups excluding carboxylic acids is 2. The summed E-state index contributed by atoms with van der Waals surface area (Å²) in [5.41, 5.74) is 6.39. The average molecular weight is 346 g/mol. The van der Waals surface area contributed by atoms with Crippen molar-refractivity contribution in [1.29, 1.82) is 0 Å². The lowest BCUT2D eigenvalue weighted by Crippen LogP contribution is -2.48. The molecule has 0 aliphatic carbocycles. The van der Waals surface area contributed by atoms with Crippen LogP contribution < -0.4 is 15.2 Å². The van der Waals surface area contributed by atoms with Gasteiger partial charge in [0.05, 0.1) is 6.42 Å². The maximum absolute atomic E-state index is 12.2. The van der Waals surface area contributed by atoms with E-state index in [-0.39, 0.29) is 24.5 Å². The fourth-order valence-electron chi connectivity index (χ4n) is 2.95. The molecule has 1 aromatic carbocycles. The molecule has 2 amide bonds. The standard InChI is InChI=1S/C18H24N3O4/c1-13(18(19)23)2-5-17(22)21-8-6-20(7-9-21)11-14-3-4-15-16(10-14)25-12-24-15/h3-5,10,13H,2,6-9,11-12H2,1H3,(H2,19,23)/t13-/m0/s1. The van der Waals surface area contributed by atoms with E-state index in [2.05, 4.69) is 4.90 Å². The Balaban J connectivity index is 1.44. The van der Waals surface area contributed by atoms with Crippen molar-refractivity contribution in [3.05, 3.63) is 30.2 Å². The van der Waals surface area contributed by atoms with E-state index in [1.54, 1.807) is 13.3 Å². The number of amides is 2. The molecule has 0 bridgehead atoms. The molecule has 0 unspecified atom stereocenters. The van der Waals surface area contributed by atoms with Crippen molar-refractivity contribution in [2.45, 2.75) is 19.9 Å². The zero-order valence-corrected chi connectivity index (χ0v) is 14.4. The fraction of sp³-hybridized carbons (Fsp3) is 0.500. The molecule has 2 aliphatic rings. The Kier molecular flexibility index (Phi) is 5.43. The summed E-state index contributed by atoms with van der Waals surface area (Å²) in [6.07, 6.45) is 1.97. The number of benzene rings is 1. The molecule has 1 saturated heterocycles. The number of carbonyl (C=O) groups is 2. The lowest BCUT2D eigenvalue weighted by atomic mass is 10.0. The number of hydrogen-bond donors (Lipinski definition) is 1. The van der Waals surface area contributed by atoms with Gasteiger partial charge in [-0.3, -0.25) is 14.5 Å². The number of nitrogens with zero attached hydrogens (tertiary/aromatic N) is 2. The van der Waals surface area contributed by atoms with Crippen LogP contribution in [0.25, 0.3) is 0 Å². The van der Waals surface area contributed by atoms with Crippen molar-refractivity contribution < 1.29 is 19.1 Å². The minimum absolute atomic E-state index is 0.0178. The number of primary amides is 1. The first kappa shape index (κ1) is 17.5. The monoisotopic (exact) mass is 346 g/mol. The first-order valence-corrected chi connectivity index (χ1v) is 8.55. The number of rotatable bonds is 6. The predicted octanol–water partition coefficient (Wildman–Crippen LogP) is 0.775. The quantitative estimate of drug-likeness (QED) is 0.823. The topological polar surface area (TPSA) is 85.1 Å². The van der Waals surface area contributed by atoms with Crippen molar-refractivity contribution in [2.24, 2.45) is 11.7 Å². The van der Waals surface area contributed by atoms with E-state index in [1.165, 1.54) is 5.56 Å². The summed E-state index contributed by atoms with van der Waals surface area (Å²) in [6.45, 7) is 5.84. The Labute approximate surface area is 147 Å². The van der Waals surface area contributed by atoms with Crippen LogP contribution in [-0.4, -0.2) is 54.6 Å². The summed E-state index contributed by atoms with van der Waals surface area (Å²) in [7, 11) is 0. The highest BCUT2D eigenvalue weighted by Crippen LogP contribution is 2.32. The minimum Gasteiger partial charge on any atom is -0.454 e. The summed E-state index contributed by atoms with van der Waals surface area (Å²) in [5.74, 6) is 0.883. The maximum Gasteiger partial charge on any atom is 0.231 e. The molecule has 2 heterocycles. The van der Waals surface area contributed by atoms with Gasteiger partial charge in [0.2, 0.25) is 18.6 Å². The van der Waals surface area contributed by atoms with Gasteiger partial charge in [0, 0.05) is 38.6 Å². The molecule has 25 heavy (non-hydrogen) atoms. The third-order valence-electron chi connectivity index (χ3n) is 4.66. The normalized spacial score (nSPS) is 18.2. The van der Waals surface area contributed by atoms with Crippen LogP contribution in [0.1, 0.15) is 18.9 Å². The van der Waals surface area contributed by atoms with Crippen molar-refractivity contribution in [3.63, 3.8) is 0 Å². The number of nitrogens with two attached hydrogens (primary N) is 1. The van der Waals surface area contributed by atoms with Crippen molar-refractivity contribution in [2.75, 3.05) is 33.0 Å². The summed E-state index contributed by atoms with van der Waals surface area (Å²) >= 11 is 0. The molecule has 0 spiro atoms. The van der Waals surface area contributed by atoms with Gasteiger partial charge >= 0.3 is 0 Å². The zero-order valence-electron chi connectivity index (χ0n) is 14.4. The number of ether oxygens (including phenoxy) is 2. The second kappa shape index (κ2) is 7.74. The van der Waals surface area contributed by atoms with E-state index in [0.29, 0.717) is 19.5 Å². The lowest BCUT2D eigenvalue weighted by molar-refractivity contribution is -0.129. The number of hydrogen-bond acceptors (Lipinski definition) is 5. The summed E-state index contributed by atoms with van der Waals surface area (Å²) < 4.78 is 10.7. The Morgan fingerprint density at radius 1 is 1.20 bits per heavy atom. The SMILES string of the molecule is C[C@@H](C[CH]C(=O)N1CCN(Cc2ccc3c(c2)OCO3)CC1)C(N)=O. The van der Waals surface area contributed by atoms with Gasteiger partial charge < -0.3 is 20.1 Å². The van der Waals surface area contributed by atoms with E-state index in [9.17, 15) is 9.59 Å². The second-order valence-corrected chi connectivity index (χ2v) is 6.53. The fourth-order valence-corrected chi connectivity index (χ4v) is 2.95. The minimum atomic E-state index is -0.377. The summed E-state index contributed by atoms with van der Waals surface area (Å²) in [4.78, 5) is 27.4. The number of fused-ring (bicyclic) bond motifs is 1. The van der Waals surface area contributed by atoms with Gasteiger partial charge in [-0.25, -0.2) is 0 Å². The smallest absolute Gasteiger partial charge is 0.231 e. The van der Waals surface area contributed by atoms with Gasteiger partial charge in [0.25, 0.3) is 0 Å². The molecule has 2 N–H and O–H groups in total. The van der Waals surface area contributed by atoms with E-state index in [0.717, 1.165) is 31.1 Å². The molecule has 135 valence electrons. The number of piperazine rings is 1. The summed E-state index contributed by atoms with van der Waals surface area (Å²) in [5, 5.41) is 0. The van der Waals surface area contributed by atoms with Gasteiger partial charge in [0.1, 0.15) is 0 Å². The highest BCUT2D eigenvalue weighted by atomic mass is 16.7. The van der Waals surface area contributed by atoms with Crippen LogP contribution in [0.15, 0.2) is 18.2 Å². The third-order valence-corrected chi connectivity index (χ3v) is 4.66. The van der Waals surface area contributed by atoms with Gasteiger partial charge in [-0.15, -0.1) is 0 Å². The first-order chi connectivity index (χ1) is 12.0. The van der Waals surface area contributed by atoms with Crippen LogP contribution in [0.5, 0.6) is 11.5 Å². The predicted molar refractivity (Wildman–Crippen MR) is 91.7 cm³/mol. The molecular weight excluding hydrogens is 322 g/mol. The Morgan fingerprint density at radius 2 is 1.92 bits per heavy atom. The van der Waals surface area contributed by atoms with Gasteiger partial charge in [-0.05, 0) is 24.1 Å². The molecule has 1 radical (unpaired) electrons. The Hall–Kier alpha value is -2.28. The van der Waals surface area contributed by atoms with Crippen LogP contribution >= 0.6 is 0 Å². The van der Waals surface area contributed by atoms with Crippen LogP contribution in [0, 0.1) is 12.3 Å². The van der Waals surface area contributed by atoms with Gasteiger partial charge in [0.15, 0.2) is 11.5 Å². The van der Waals surface area contributed by atoms with Crippen LogP contribution in [0.3, 0.4) is 0 Å². The first-order valence-electron chi connectivity index (χ1n) is 8.55. The Bertz CT molecular complexity index is 641. The van der Waals surface area contributed by atoms with E-state index in [1.807, 2.05) is 23.1 Å². The average Bonchev–Trinajstić information content (AvgIpc) is 3.07. The van der Waals surface area contributed by atoms with Crippen LogP contribution in [0.4, 0.5) is 0 Å². The highest BCUT2D eigenvalue weighted by Gasteiger charge is 2.23. The van der Waals surface area contributed by atoms with E-state index in [4.69, 9.17) is 15.2 Å². The largest absolute Gasteiger partial charge is 0.454 e. The molecule has 1 fully saturated rings. The van der Waals surface area contributed by atoms with Crippen LogP contribution in [0.2, 0.25) is 0 Å². The van der Waals surface area contributed by atoms with Crippen molar-refractivity contribution in [3.8, 4) is 11.5 Å². The van der Waals surface area contributed by atoms with Crippen molar-refractivity contribution in [1.82, 2.24) is 9.80 Å². The van der Waals surface area contributed by atoms with Crippen molar-refractivity contribution >= 4 is 11.8 Å². The lowest BCUT2D eigenvalue weighted by Gasteiger charge is -2.35. The highest BCUT2D eigenvalue weighted by molar-refractivity contribution is 5.86. The van der Waals surface area contributed by atoms with E-state index >= 15 is 0 Å². The zero-order chi connectivity index (χ0) is 17.8. The van der Waals surface area contributed by atoms with Crippen LogP contribution in [-0.2, 0) is 16.1 Å². The maximum atomic E-state index is 12.2. The van der Waals surface area contributed by atoms with Gasteiger partial charge in [-0.1, -0.05) is 13.0 Å². The van der Waals surface area contributed by atoms with E-state index < -0.39 is 0 Å². The molecule has 3 rings (SSSR count). The summed E-state index contributed by atoms with van der Waals surface area (Å²) in [6, 6.07) is 6.00. The van der Waals surface area contributed by atoms with Gasteiger partial charge in [-0.2, -0.15) is 0 Å². The molecule has 2 aliphatic heterocycles. The Morgan fingerprint density at radius 3 is 2.64 bits per heavy atom. The molecular formula is C18H24N3O4. The molecule has 0 aromatic heterocycles.